The summed E-state index contributed by atoms with van der Waals surface area (Å²) < 4.78 is 13.0. The lowest BCUT2D eigenvalue weighted by Gasteiger charge is -2.33. The number of carbonyl (C=O) groups is 1. The second kappa shape index (κ2) is 7.46. The molecule has 1 amide bonds. The number of rotatable bonds is 4. The van der Waals surface area contributed by atoms with Crippen LogP contribution in [0.25, 0.3) is 21.3 Å². The monoisotopic (exact) mass is 408 g/mol. The van der Waals surface area contributed by atoms with Crippen LogP contribution in [0.4, 0.5) is 0 Å². The van der Waals surface area contributed by atoms with Gasteiger partial charge in [-0.25, -0.2) is 4.98 Å². The average Bonchev–Trinajstić information content (AvgIpc) is 3.30. The van der Waals surface area contributed by atoms with E-state index in [1.807, 2.05) is 35.2 Å². The van der Waals surface area contributed by atoms with Crippen molar-refractivity contribution >= 4 is 38.6 Å². The molecular weight excluding hydrogens is 388 g/mol. The predicted octanol–water partition coefficient (Wildman–Crippen LogP) is 3.89. The first-order valence-corrected chi connectivity index (χ1v) is 10.4. The van der Waals surface area contributed by atoms with E-state index in [0.717, 1.165) is 54.2 Å². The number of amides is 1. The molecule has 0 saturated carbocycles. The van der Waals surface area contributed by atoms with Gasteiger partial charge in [0.05, 0.1) is 11.2 Å². The smallest absolute Gasteiger partial charge is 0.281 e. The van der Waals surface area contributed by atoms with Crippen LogP contribution in [0, 0.1) is 0 Å². The van der Waals surface area contributed by atoms with Crippen molar-refractivity contribution in [2.75, 3.05) is 26.2 Å². The van der Waals surface area contributed by atoms with Gasteiger partial charge in [0, 0.05) is 50.8 Å². The molecule has 1 aliphatic rings. The fourth-order valence-electron chi connectivity index (χ4n) is 3.54. The van der Waals surface area contributed by atoms with Gasteiger partial charge < -0.3 is 14.1 Å². The number of hydrogen-bond acceptors (Lipinski definition) is 7. The van der Waals surface area contributed by atoms with E-state index >= 15 is 0 Å². The molecule has 29 heavy (non-hydrogen) atoms. The van der Waals surface area contributed by atoms with E-state index in [9.17, 15) is 4.79 Å². The lowest BCUT2D eigenvalue weighted by Crippen LogP contribution is -2.47. The molecule has 1 aliphatic heterocycles. The van der Waals surface area contributed by atoms with Crippen LogP contribution in [-0.2, 0) is 11.3 Å². The highest BCUT2D eigenvalue weighted by molar-refractivity contribution is 7.20. The summed E-state index contributed by atoms with van der Waals surface area (Å²) in [7, 11) is 0. The van der Waals surface area contributed by atoms with Crippen LogP contribution >= 0.6 is 11.3 Å². The Morgan fingerprint density at radius 2 is 2.07 bits per heavy atom. The summed E-state index contributed by atoms with van der Waals surface area (Å²) in [5.41, 5.74) is 1.48. The Balaban J connectivity index is 1.29. The number of aromatic nitrogens is 2. The van der Waals surface area contributed by atoms with Crippen LogP contribution in [0.5, 0.6) is 10.9 Å². The number of nitrogens with zero attached hydrogens (tertiary/aromatic N) is 4. The molecule has 0 N–H and O–H groups in total. The number of furan rings is 1. The summed E-state index contributed by atoms with van der Waals surface area (Å²) in [6.07, 6.45) is 1.72. The highest BCUT2D eigenvalue weighted by Crippen LogP contribution is 2.32. The van der Waals surface area contributed by atoms with E-state index in [-0.39, 0.29) is 5.91 Å². The maximum absolute atomic E-state index is 11.5. The molecule has 4 aromatic rings. The molecule has 0 spiro atoms. The molecule has 7 nitrogen and oxygen atoms in total. The van der Waals surface area contributed by atoms with Crippen molar-refractivity contribution < 1.29 is 13.9 Å². The van der Waals surface area contributed by atoms with Crippen LogP contribution in [0.2, 0.25) is 0 Å². The lowest BCUT2D eigenvalue weighted by molar-refractivity contribution is -0.130. The Labute approximate surface area is 171 Å². The second-order valence-electron chi connectivity index (χ2n) is 7.10. The van der Waals surface area contributed by atoms with Gasteiger partial charge in [-0.15, -0.1) is 0 Å². The predicted molar refractivity (Wildman–Crippen MR) is 111 cm³/mol. The summed E-state index contributed by atoms with van der Waals surface area (Å²) in [5.74, 6) is 1.75. The molecule has 0 aliphatic carbocycles. The number of pyridine rings is 1. The lowest BCUT2D eigenvalue weighted by atomic mass is 10.2. The summed E-state index contributed by atoms with van der Waals surface area (Å²) in [6.45, 7) is 5.61. The number of piperazine rings is 1. The molecule has 1 aromatic carbocycles. The average molecular weight is 408 g/mol. The summed E-state index contributed by atoms with van der Waals surface area (Å²) in [5, 5.41) is 1.61. The van der Waals surface area contributed by atoms with Crippen LogP contribution in [0.1, 0.15) is 12.7 Å². The fraction of sp³-hybridized carbons (Fsp3) is 0.286. The van der Waals surface area contributed by atoms with Gasteiger partial charge in [0.15, 0.2) is 5.65 Å². The first kappa shape index (κ1) is 18.1. The molecule has 1 fully saturated rings. The number of carbonyl (C=O) groups excluding carboxylic acids is 1. The first-order valence-electron chi connectivity index (χ1n) is 9.54. The topological polar surface area (TPSA) is 71.7 Å². The summed E-state index contributed by atoms with van der Waals surface area (Å²) >= 11 is 1.47. The molecule has 148 valence electrons. The van der Waals surface area contributed by atoms with Crippen LogP contribution in [-0.4, -0.2) is 51.9 Å². The zero-order valence-electron chi connectivity index (χ0n) is 16.0. The third kappa shape index (κ3) is 3.81. The molecule has 5 rings (SSSR count). The van der Waals surface area contributed by atoms with Crippen molar-refractivity contribution in [3.63, 3.8) is 0 Å². The quantitative estimate of drug-likeness (QED) is 0.510. The van der Waals surface area contributed by atoms with Gasteiger partial charge in [0.25, 0.3) is 5.19 Å². The second-order valence-corrected chi connectivity index (χ2v) is 8.09. The first-order chi connectivity index (χ1) is 14.1. The molecule has 8 heteroatoms. The van der Waals surface area contributed by atoms with Crippen molar-refractivity contribution in [2.24, 2.45) is 0 Å². The maximum atomic E-state index is 11.5. The van der Waals surface area contributed by atoms with Gasteiger partial charge in [-0.05, 0) is 30.3 Å². The van der Waals surface area contributed by atoms with Crippen molar-refractivity contribution in [3.8, 4) is 10.9 Å². The minimum Gasteiger partial charge on any atom is -0.460 e. The molecule has 0 unspecified atom stereocenters. The Hall–Kier alpha value is -2.97. The number of ether oxygens (including phenoxy) is 1. The molecule has 4 heterocycles. The standard InChI is InChI=1S/C21H20N4O3S/c1-14(26)25-9-7-24(8-10-25)13-17-11-15-4-5-16(12-18(15)27-17)28-21-23-20-19(29-21)3-2-6-22-20/h2-6,11-12H,7-10,13H2,1H3. The van der Waals surface area contributed by atoms with E-state index in [1.165, 1.54) is 11.3 Å². The third-order valence-electron chi connectivity index (χ3n) is 5.09. The van der Waals surface area contributed by atoms with E-state index in [1.54, 1.807) is 13.1 Å². The van der Waals surface area contributed by atoms with Crippen molar-refractivity contribution in [1.29, 1.82) is 0 Å². The zero-order valence-corrected chi connectivity index (χ0v) is 16.8. The van der Waals surface area contributed by atoms with E-state index in [0.29, 0.717) is 16.6 Å². The van der Waals surface area contributed by atoms with Crippen molar-refractivity contribution in [3.05, 3.63) is 48.4 Å². The van der Waals surface area contributed by atoms with Gasteiger partial charge in [0.1, 0.15) is 17.1 Å². The zero-order chi connectivity index (χ0) is 19.8. The number of fused-ring (bicyclic) bond motifs is 2. The maximum Gasteiger partial charge on any atom is 0.281 e. The highest BCUT2D eigenvalue weighted by atomic mass is 32.1. The van der Waals surface area contributed by atoms with Crippen molar-refractivity contribution in [2.45, 2.75) is 13.5 Å². The minimum absolute atomic E-state index is 0.143. The fourth-order valence-corrected chi connectivity index (χ4v) is 4.34. The van der Waals surface area contributed by atoms with Crippen LogP contribution in [0.15, 0.2) is 47.0 Å². The van der Waals surface area contributed by atoms with Crippen molar-refractivity contribution in [1.82, 2.24) is 19.8 Å². The van der Waals surface area contributed by atoms with E-state index in [2.05, 4.69) is 20.9 Å². The van der Waals surface area contributed by atoms with Gasteiger partial charge >= 0.3 is 0 Å². The van der Waals surface area contributed by atoms with E-state index < -0.39 is 0 Å². The van der Waals surface area contributed by atoms with E-state index in [4.69, 9.17) is 9.15 Å². The minimum atomic E-state index is 0.143. The number of benzene rings is 1. The van der Waals surface area contributed by atoms with Gasteiger partial charge in [0.2, 0.25) is 5.91 Å². The van der Waals surface area contributed by atoms with Gasteiger partial charge in [-0.2, -0.15) is 4.98 Å². The van der Waals surface area contributed by atoms with Crippen LogP contribution < -0.4 is 4.74 Å². The Morgan fingerprint density at radius 1 is 1.21 bits per heavy atom. The molecule has 1 saturated heterocycles. The molecule has 3 aromatic heterocycles. The van der Waals surface area contributed by atoms with Gasteiger partial charge in [-0.1, -0.05) is 11.3 Å². The largest absolute Gasteiger partial charge is 0.460 e. The highest BCUT2D eigenvalue weighted by Gasteiger charge is 2.19. The summed E-state index contributed by atoms with van der Waals surface area (Å²) in [6, 6.07) is 11.7. The molecule has 0 atom stereocenters. The Kier molecular flexibility index (Phi) is 4.65. The number of hydrogen-bond donors (Lipinski definition) is 0. The van der Waals surface area contributed by atoms with Crippen LogP contribution in [0.3, 0.4) is 0 Å². The van der Waals surface area contributed by atoms with Gasteiger partial charge in [-0.3, -0.25) is 9.69 Å². The number of thiazole rings is 1. The SMILES string of the molecule is CC(=O)N1CCN(Cc2cc3ccc(Oc4nc5ncccc5s4)cc3o2)CC1. The Bertz CT molecular complexity index is 1140. The normalized spacial score (nSPS) is 15.3. The third-order valence-corrected chi connectivity index (χ3v) is 5.98. The Morgan fingerprint density at radius 3 is 2.86 bits per heavy atom. The molecule has 0 bridgehead atoms. The molecule has 0 radical (unpaired) electrons. The molecular formula is C21H20N4O3S. The summed E-state index contributed by atoms with van der Waals surface area (Å²) in [4.78, 5) is 24.3.